The summed E-state index contributed by atoms with van der Waals surface area (Å²) in [4.78, 5) is 37.5. The molecule has 1 heterocycles. The van der Waals surface area contributed by atoms with E-state index in [0.29, 0.717) is 26.1 Å². The largest absolute Gasteiger partial charge is 0.480 e. The third-order valence-electron chi connectivity index (χ3n) is 7.49. The van der Waals surface area contributed by atoms with E-state index in [-0.39, 0.29) is 30.9 Å². The van der Waals surface area contributed by atoms with Crippen LogP contribution in [0.25, 0.3) is 11.1 Å². The van der Waals surface area contributed by atoms with E-state index in [0.717, 1.165) is 35.1 Å². The van der Waals surface area contributed by atoms with E-state index in [1.807, 2.05) is 24.3 Å². The van der Waals surface area contributed by atoms with Gasteiger partial charge in [-0.15, -0.1) is 0 Å². The van der Waals surface area contributed by atoms with Gasteiger partial charge in [0.1, 0.15) is 12.6 Å². The molecule has 1 atom stereocenters. The van der Waals surface area contributed by atoms with Crippen molar-refractivity contribution in [3.05, 3.63) is 59.7 Å². The zero-order valence-electron chi connectivity index (χ0n) is 19.5. The Hall–Kier alpha value is -3.39. The summed E-state index contributed by atoms with van der Waals surface area (Å²) in [5, 5.41) is 15.0. The number of fused-ring (bicyclic) bond motifs is 3. The highest BCUT2D eigenvalue weighted by atomic mass is 16.5. The standard InChI is InChI=1S/C27H30N2O6/c30-24(31)23(17-9-10-17)29-25(32)27(11-13-34-14-12-27)16-28-26(33)35-15-22-20-7-3-1-5-18(20)19-6-2-4-8-21(19)22/h1-8,17,22-23H,9-16H2,(H,28,33)(H,29,32)(H,30,31). The Morgan fingerprint density at radius 1 is 1.00 bits per heavy atom. The predicted molar refractivity (Wildman–Crippen MR) is 128 cm³/mol. The van der Waals surface area contributed by atoms with Crippen LogP contribution < -0.4 is 10.6 Å². The van der Waals surface area contributed by atoms with Crippen molar-refractivity contribution in [2.45, 2.75) is 37.6 Å². The van der Waals surface area contributed by atoms with Crippen LogP contribution in [-0.2, 0) is 19.1 Å². The zero-order valence-corrected chi connectivity index (χ0v) is 19.5. The van der Waals surface area contributed by atoms with Gasteiger partial charge in [-0.05, 0) is 53.9 Å². The molecule has 3 N–H and O–H groups in total. The number of carboxylic acid groups (broad SMARTS) is 1. The number of hydrogen-bond donors (Lipinski definition) is 3. The van der Waals surface area contributed by atoms with Gasteiger partial charge in [0.05, 0.1) is 5.41 Å². The highest BCUT2D eigenvalue weighted by molar-refractivity contribution is 5.88. The van der Waals surface area contributed by atoms with Gasteiger partial charge in [0, 0.05) is 25.7 Å². The fourth-order valence-corrected chi connectivity index (χ4v) is 5.24. The van der Waals surface area contributed by atoms with Crippen molar-refractivity contribution in [3.63, 3.8) is 0 Å². The van der Waals surface area contributed by atoms with Crippen LogP contribution in [0.2, 0.25) is 0 Å². The molecule has 35 heavy (non-hydrogen) atoms. The van der Waals surface area contributed by atoms with Crippen LogP contribution in [0.1, 0.15) is 42.7 Å². The Kier molecular flexibility index (Phi) is 6.47. The van der Waals surface area contributed by atoms with E-state index < -0.39 is 23.5 Å². The molecule has 2 aromatic carbocycles. The fourth-order valence-electron chi connectivity index (χ4n) is 5.24. The molecule has 8 nitrogen and oxygen atoms in total. The quantitative estimate of drug-likeness (QED) is 0.537. The molecule has 0 aromatic heterocycles. The number of aliphatic carboxylic acids is 1. The van der Waals surface area contributed by atoms with Gasteiger partial charge in [0.25, 0.3) is 0 Å². The first-order chi connectivity index (χ1) is 17.0. The minimum Gasteiger partial charge on any atom is -0.480 e. The van der Waals surface area contributed by atoms with Crippen LogP contribution >= 0.6 is 0 Å². The Morgan fingerprint density at radius 3 is 2.17 bits per heavy atom. The second-order valence-corrected chi connectivity index (χ2v) is 9.70. The van der Waals surface area contributed by atoms with Crippen LogP contribution in [0.4, 0.5) is 4.79 Å². The third-order valence-corrected chi connectivity index (χ3v) is 7.49. The number of carbonyl (C=O) groups is 3. The molecule has 0 spiro atoms. The number of ether oxygens (including phenoxy) is 2. The molecule has 5 rings (SSSR count). The lowest BCUT2D eigenvalue weighted by Gasteiger charge is -2.36. The van der Waals surface area contributed by atoms with Gasteiger partial charge >= 0.3 is 12.1 Å². The summed E-state index contributed by atoms with van der Waals surface area (Å²) in [6.45, 7) is 1.00. The summed E-state index contributed by atoms with van der Waals surface area (Å²) in [5.74, 6) is -1.45. The van der Waals surface area contributed by atoms with Crippen molar-refractivity contribution in [2.24, 2.45) is 11.3 Å². The number of nitrogens with one attached hydrogen (secondary N) is 2. The molecule has 1 unspecified atom stereocenters. The minimum absolute atomic E-state index is 0.0246. The molecule has 0 bridgehead atoms. The SMILES string of the molecule is O=C(NCC1(C(=O)NC(C(=O)O)C2CC2)CCOCC1)OCC1c2ccccc2-c2ccccc21. The second-order valence-electron chi connectivity index (χ2n) is 9.70. The average molecular weight is 479 g/mol. The molecule has 1 saturated heterocycles. The lowest BCUT2D eigenvalue weighted by atomic mass is 9.79. The number of benzene rings is 2. The van der Waals surface area contributed by atoms with Gasteiger partial charge in [0.2, 0.25) is 5.91 Å². The van der Waals surface area contributed by atoms with E-state index in [2.05, 4.69) is 34.9 Å². The maximum Gasteiger partial charge on any atom is 0.407 e. The number of carboxylic acids is 1. The molecule has 2 aliphatic carbocycles. The van der Waals surface area contributed by atoms with Crippen molar-refractivity contribution >= 4 is 18.0 Å². The summed E-state index contributed by atoms with van der Waals surface area (Å²) < 4.78 is 11.1. The number of alkyl carbamates (subject to hydrolysis) is 1. The molecule has 2 fully saturated rings. The van der Waals surface area contributed by atoms with Crippen molar-refractivity contribution in [3.8, 4) is 11.1 Å². The molecule has 3 aliphatic rings. The predicted octanol–water partition coefficient (Wildman–Crippen LogP) is 3.30. The van der Waals surface area contributed by atoms with Gasteiger partial charge in [-0.25, -0.2) is 9.59 Å². The lowest BCUT2D eigenvalue weighted by Crippen LogP contribution is -2.55. The number of carbonyl (C=O) groups excluding carboxylic acids is 2. The molecule has 8 heteroatoms. The van der Waals surface area contributed by atoms with Crippen molar-refractivity contribution < 1.29 is 29.0 Å². The molecule has 2 amide bonds. The zero-order chi connectivity index (χ0) is 24.4. The lowest BCUT2D eigenvalue weighted by molar-refractivity contribution is -0.146. The summed E-state index contributed by atoms with van der Waals surface area (Å²) >= 11 is 0. The van der Waals surface area contributed by atoms with Crippen LogP contribution in [0, 0.1) is 11.3 Å². The molecule has 184 valence electrons. The number of amides is 2. The third kappa shape index (κ3) is 4.75. The normalized spacial score (nSPS) is 19.2. The summed E-state index contributed by atoms with van der Waals surface area (Å²) in [7, 11) is 0. The Balaban J connectivity index is 1.22. The van der Waals surface area contributed by atoms with E-state index in [1.54, 1.807) is 0 Å². The highest BCUT2D eigenvalue weighted by Crippen LogP contribution is 2.44. The molecule has 0 radical (unpaired) electrons. The molecular weight excluding hydrogens is 448 g/mol. The van der Waals surface area contributed by atoms with Crippen LogP contribution in [0.15, 0.2) is 48.5 Å². The maximum atomic E-state index is 13.2. The monoisotopic (exact) mass is 478 g/mol. The Bertz CT molecular complexity index is 1080. The number of rotatable bonds is 8. The smallest absolute Gasteiger partial charge is 0.407 e. The second kappa shape index (κ2) is 9.70. The van der Waals surface area contributed by atoms with Crippen LogP contribution in [-0.4, -0.2) is 55.5 Å². The average Bonchev–Trinajstić information content (AvgIpc) is 3.67. The van der Waals surface area contributed by atoms with Gasteiger partial charge in [-0.2, -0.15) is 0 Å². The van der Waals surface area contributed by atoms with Gasteiger partial charge < -0.3 is 25.2 Å². The van der Waals surface area contributed by atoms with E-state index >= 15 is 0 Å². The summed E-state index contributed by atoms with van der Waals surface area (Å²) in [5.41, 5.74) is 3.63. The highest BCUT2D eigenvalue weighted by Gasteiger charge is 2.45. The topological polar surface area (TPSA) is 114 Å². The van der Waals surface area contributed by atoms with E-state index in [9.17, 15) is 19.5 Å². The summed E-state index contributed by atoms with van der Waals surface area (Å²) in [6.07, 6.45) is 1.80. The van der Waals surface area contributed by atoms with Gasteiger partial charge in [0.15, 0.2) is 0 Å². The van der Waals surface area contributed by atoms with Crippen LogP contribution in [0.5, 0.6) is 0 Å². The van der Waals surface area contributed by atoms with Gasteiger partial charge in [-0.1, -0.05) is 48.5 Å². The first-order valence-corrected chi connectivity index (χ1v) is 12.2. The Labute approximate surface area is 204 Å². The molecular formula is C27H30N2O6. The van der Waals surface area contributed by atoms with Gasteiger partial charge in [-0.3, -0.25) is 4.79 Å². The first-order valence-electron chi connectivity index (χ1n) is 12.2. The first kappa shape index (κ1) is 23.4. The molecule has 1 saturated carbocycles. The Morgan fingerprint density at radius 2 is 1.60 bits per heavy atom. The number of hydrogen-bond acceptors (Lipinski definition) is 5. The minimum atomic E-state index is -1.02. The fraction of sp³-hybridized carbons (Fsp3) is 0.444. The molecule has 2 aromatic rings. The molecule has 1 aliphatic heterocycles. The van der Waals surface area contributed by atoms with E-state index in [4.69, 9.17) is 9.47 Å². The van der Waals surface area contributed by atoms with Crippen molar-refractivity contribution in [1.29, 1.82) is 0 Å². The van der Waals surface area contributed by atoms with Crippen molar-refractivity contribution in [2.75, 3.05) is 26.4 Å². The maximum absolute atomic E-state index is 13.2. The van der Waals surface area contributed by atoms with Crippen molar-refractivity contribution in [1.82, 2.24) is 10.6 Å². The van der Waals surface area contributed by atoms with E-state index in [1.165, 1.54) is 0 Å². The van der Waals surface area contributed by atoms with Crippen LogP contribution in [0.3, 0.4) is 0 Å². The summed E-state index contributed by atoms with van der Waals surface area (Å²) in [6, 6.07) is 15.3.